The summed E-state index contributed by atoms with van der Waals surface area (Å²) in [4.78, 5) is 0. The van der Waals surface area contributed by atoms with Gasteiger partial charge < -0.3 is 0 Å². The molecule has 0 fully saturated rings. The molecule has 1 aromatic rings. The molecule has 0 aliphatic rings. The normalized spacial score (nSPS) is 11.0. The van der Waals surface area contributed by atoms with Gasteiger partial charge in [-0.1, -0.05) is 35.4 Å². The summed E-state index contributed by atoms with van der Waals surface area (Å²) < 4.78 is 7.36. The molecule has 42 valence electrons. The second-order valence-electron chi connectivity index (χ2n) is 2.05. The summed E-state index contributed by atoms with van der Waals surface area (Å²) in [5, 5.41) is 0. The van der Waals surface area contributed by atoms with E-state index in [1.165, 1.54) is 0 Å². The fourth-order valence-corrected chi connectivity index (χ4v) is 0.580. The van der Waals surface area contributed by atoms with E-state index in [-0.39, 0.29) is 0 Å². The topological polar surface area (TPSA) is 0 Å². The van der Waals surface area contributed by atoms with Crippen LogP contribution in [0, 0.1) is 13.8 Å². The first-order chi connectivity index (χ1) is 4.20. The van der Waals surface area contributed by atoms with E-state index in [1.54, 1.807) is 0 Å². The SMILES string of the molecule is [3H]c1cc(C)ccc1C. The molecule has 0 heterocycles. The molecule has 0 atom stereocenters. The van der Waals surface area contributed by atoms with E-state index in [2.05, 4.69) is 0 Å². The number of benzene rings is 1. The van der Waals surface area contributed by atoms with Crippen molar-refractivity contribution in [2.45, 2.75) is 13.8 Å². The average Bonchev–Trinajstić information content (AvgIpc) is 1.80. The molecule has 0 saturated carbocycles. The third-order valence-corrected chi connectivity index (χ3v) is 1.12. The maximum atomic E-state index is 7.36. The first-order valence-corrected chi connectivity index (χ1v) is 2.74. The third kappa shape index (κ3) is 1.09. The van der Waals surface area contributed by atoms with Crippen molar-refractivity contribution in [1.82, 2.24) is 0 Å². The highest BCUT2D eigenvalue weighted by Crippen LogP contribution is 1.99. The van der Waals surface area contributed by atoms with Crippen LogP contribution < -0.4 is 0 Å². The molecule has 0 radical (unpaired) electrons. The highest BCUT2D eigenvalue weighted by molar-refractivity contribution is 5.19. The lowest BCUT2D eigenvalue weighted by atomic mass is 10.2. The van der Waals surface area contributed by atoms with Crippen molar-refractivity contribution in [2.24, 2.45) is 0 Å². The Morgan fingerprint density at radius 3 is 2.25 bits per heavy atom. The van der Waals surface area contributed by atoms with E-state index in [9.17, 15) is 0 Å². The highest BCUT2D eigenvalue weighted by Gasteiger charge is 1.79. The maximum absolute atomic E-state index is 7.36. The predicted molar refractivity (Wildman–Crippen MR) is 35.9 cm³/mol. The highest BCUT2D eigenvalue weighted by atomic mass is 13.9. The zero-order valence-corrected chi connectivity index (χ0v) is 5.23. The van der Waals surface area contributed by atoms with Gasteiger partial charge in [0.05, 0.1) is 1.37 Å². The lowest BCUT2D eigenvalue weighted by Crippen LogP contribution is -1.70. The number of aryl methyl sites for hydroxylation is 2. The fourth-order valence-electron chi connectivity index (χ4n) is 0.580. The molecule has 0 saturated heterocycles. The van der Waals surface area contributed by atoms with Gasteiger partial charge in [-0.2, -0.15) is 0 Å². The van der Waals surface area contributed by atoms with Crippen LogP contribution in [0.3, 0.4) is 0 Å². The molecule has 1 rings (SSSR count). The lowest BCUT2D eigenvalue weighted by Gasteiger charge is -1.90. The van der Waals surface area contributed by atoms with Crippen LogP contribution in [-0.4, -0.2) is 0 Å². The predicted octanol–water partition coefficient (Wildman–Crippen LogP) is 2.30. The van der Waals surface area contributed by atoms with Gasteiger partial charge in [0.25, 0.3) is 0 Å². The van der Waals surface area contributed by atoms with Crippen LogP contribution in [0.1, 0.15) is 12.5 Å². The van der Waals surface area contributed by atoms with Crippen molar-refractivity contribution >= 4 is 0 Å². The summed E-state index contributed by atoms with van der Waals surface area (Å²) in [6.07, 6.45) is 0. The second-order valence-corrected chi connectivity index (χ2v) is 2.05. The Morgan fingerprint density at radius 1 is 1.12 bits per heavy atom. The molecule has 0 aliphatic heterocycles. The molecule has 0 aromatic heterocycles. The summed E-state index contributed by atoms with van der Waals surface area (Å²) >= 11 is 0. The van der Waals surface area contributed by atoms with Crippen molar-refractivity contribution in [1.29, 1.82) is 0 Å². The fraction of sp³-hybridized carbons (Fsp3) is 0.250. The molecule has 0 amide bonds. The van der Waals surface area contributed by atoms with Gasteiger partial charge in [-0.15, -0.1) is 0 Å². The number of rotatable bonds is 0. The zero-order chi connectivity index (χ0) is 6.85. The Bertz CT molecular complexity index is 216. The first kappa shape index (κ1) is 4.13. The van der Waals surface area contributed by atoms with Crippen LogP contribution >= 0.6 is 0 Å². The van der Waals surface area contributed by atoms with Crippen molar-refractivity contribution in [3.8, 4) is 0 Å². The van der Waals surface area contributed by atoms with Gasteiger partial charge in [-0.25, -0.2) is 0 Å². The minimum Gasteiger partial charge on any atom is -0.0591 e. The first-order valence-electron chi connectivity index (χ1n) is 3.24. The Hall–Kier alpha value is -0.780. The molecule has 0 N–H and O–H groups in total. The summed E-state index contributed by atoms with van der Waals surface area (Å²) in [5.74, 6) is 0. The van der Waals surface area contributed by atoms with Gasteiger partial charge in [0.2, 0.25) is 0 Å². The quantitative estimate of drug-likeness (QED) is 0.478. The monoisotopic (exact) mass is 108 g/mol. The molecular formula is C8H10. The van der Waals surface area contributed by atoms with E-state index in [1.807, 2.05) is 32.0 Å². The molecule has 0 spiro atoms. The standard InChI is InChI=1S/C8H10/c1-7-3-5-8(2)6-4-7/h3-6H,1-2H3/i3T. The number of hydrogen-bond donors (Lipinski definition) is 0. The van der Waals surface area contributed by atoms with Gasteiger partial charge in [0, 0.05) is 0 Å². The Morgan fingerprint density at radius 2 is 1.75 bits per heavy atom. The molecule has 0 unspecified atom stereocenters. The maximum Gasteiger partial charge on any atom is 0.0626 e. The minimum atomic E-state index is 0.634. The molecule has 0 nitrogen and oxygen atoms in total. The number of hydrogen-bond acceptors (Lipinski definition) is 0. The molecule has 0 bridgehead atoms. The van der Waals surface area contributed by atoms with Gasteiger partial charge in [0.1, 0.15) is 0 Å². The Labute approximate surface area is 51.6 Å². The van der Waals surface area contributed by atoms with Crippen LogP contribution in [0.5, 0.6) is 0 Å². The smallest absolute Gasteiger partial charge is 0.0591 e. The Balaban J connectivity index is 3.17. The van der Waals surface area contributed by atoms with Gasteiger partial charge in [0.15, 0.2) is 0 Å². The van der Waals surface area contributed by atoms with Crippen LogP contribution in [0.15, 0.2) is 24.2 Å². The molecule has 1 aromatic carbocycles. The van der Waals surface area contributed by atoms with Crippen LogP contribution in [-0.2, 0) is 0 Å². The average molecular weight is 108 g/mol. The summed E-state index contributed by atoms with van der Waals surface area (Å²) in [6.45, 7) is 3.94. The van der Waals surface area contributed by atoms with Gasteiger partial charge in [-0.05, 0) is 13.8 Å². The van der Waals surface area contributed by atoms with E-state index < -0.39 is 0 Å². The van der Waals surface area contributed by atoms with Crippen LogP contribution in [0.25, 0.3) is 0 Å². The molecular weight excluding hydrogens is 96.1 g/mol. The van der Waals surface area contributed by atoms with Crippen molar-refractivity contribution in [2.75, 3.05) is 0 Å². The lowest BCUT2D eigenvalue weighted by molar-refractivity contribution is 1.40. The van der Waals surface area contributed by atoms with E-state index in [0.29, 0.717) is 6.04 Å². The zero-order valence-electron chi connectivity index (χ0n) is 6.23. The van der Waals surface area contributed by atoms with Gasteiger partial charge >= 0.3 is 0 Å². The summed E-state index contributed by atoms with van der Waals surface area (Å²) in [5.41, 5.74) is 2.20. The van der Waals surface area contributed by atoms with E-state index in [0.717, 1.165) is 11.1 Å². The largest absolute Gasteiger partial charge is 0.0626 e. The van der Waals surface area contributed by atoms with E-state index >= 15 is 0 Å². The second kappa shape index (κ2) is 1.99. The van der Waals surface area contributed by atoms with Crippen molar-refractivity contribution < 1.29 is 1.37 Å². The van der Waals surface area contributed by atoms with Gasteiger partial charge in [-0.3, -0.25) is 0 Å². The summed E-state index contributed by atoms with van der Waals surface area (Å²) in [6, 6.07) is 6.50. The molecule has 0 aliphatic carbocycles. The van der Waals surface area contributed by atoms with E-state index in [4.69, 9.17) is 1.37 Å². The third-order valence-electron chi connectivity index (χ3n) is 1.12. The summed E-state index contributed by atoms with van der Waals surface area (Å²) in [7, 11) is 0. The molecule has 8 heavy (non-hydrogen) atoms. The Kier molecular flexibility index (Phi) is 1.03. The minimum absolute atomic E-state index is 0.634. The van der Waals surface area contributed by atoms with Crippen LogP contribution in [0.2, 0.25) is 0 Å². The van der Waals surface area contributed by atoms with Crippen molar-refractivity contribution in [3.05, 3.63) is 35.4 Å². The van der Waals surface area contributed by atoms with Crippen LogP contribution in [0.4, 0.5) is 0 Å². The molecule has 0 heteroatoms. The van der Waals surface area contributed by atoms with Crippen molar-refractivity contribution in [3.63, 3.8) is 0 Å².